The fourth-order valence-electron chi connectivity index (χ4n) is 3.71. The highest BCUT2D eigenvalue weighted by molar-refractivity contribution is 7.89. The topological polar surface area (TPSA) is 79.4 Å². The summed E-state index contributed by atoms with van der Waals surface area (Å²) < 4.78 is 28.1. The lowest BCUT2D eigenvalue weighted by atomic mass is 10.1. The van der Waals surface area contributed by atoms with Crippen LogP contribution in [0.5, 0.6) is 0 Å². The van der Waals surface area contributed by atoms with Gasteiger partial charge >= 0.3 is 0 Å². The highest BCUT2D eigenvalue weighted by Crippen LogP contribution is 2.28. The molecule has 1 amide bonds. The van der Waals surface area contributed by atoms with E-state index in [2.05, 4.69) is 10.3 Å². The van der Waals surface area contributed by atoms with E-state index in [9.17, 15) is 13.2 Å². The van der Waals surface area contributed by atoms with E-state index in [0.717, 1.165) is 10.4 Å². The van der Waals surface area contributed by atoms with Crippen molar-refractivity contribution in [3.63, 3.8) is 0 Å². The van der Waals surface area contributed by atoms with Gasteiger partial charge < -0.3 is 5.32 Å². The molecule has 1 N–H and O–H groups in total. The Bertz CT molecular complexity index is 1160. The summed E-state index contributed by atoms with van der Waals surface area (Å²) in [5, 5.41) is 3.69. The second kappa shape index (κ2) is 7.85. The van der Waals surface area contributed by atoms with Crippen LogP contribution >= 0.6 is 11.3 Å². The van der Waals surface area contributed by atoms with Gasteiger partial charge in [-0.3, -0.25) is 9.78 Å². The molecule has 1 saturated heterocycles. The number of hydrogen-bond acceptors (Lipinski definition) is 5. The van der Waals surface area contributed by atoms with Gasteiger partial charge in [0.25, 0.3) is 5.91 Å². The number of sulfonamides is 1. The Balaban J connectivity index is 1.48. The summed E-state index contributed by atoms with van der Waals surface area (Å²) in [5.41, 5.74) is 1.66. The van der Waals surface area contributed by atoms with Crippen LogP contribution in [0.15, 0.2) is 47.5 Å². The van der Waals surface area contributed by atoms with E-state index >= 15 is 0 Å². The molecule has 0 aliphatic carbocycles. The Hall–Kier alpha value is -2.29. The van der Waals surface area contributed by atoms with Crippen molar-refractivity contribution in [1.29, 1.82) is 0 Å². The third-order valence-electron chi connectivity index (χ3n) is 5.30. The number of benzene rings is 1. The van der Waals surface area contributed by atoms with E-state index in [-0.39, 0.29) is 11.9 Å². The Labute approximate surface area is 174 Å². The molecular weight excluding hydrogens is 406 g/mol. The number of thiophene rings is 1. The summed E-state index contributed by atoms with van der Waals surface area (Å²) in [5.74, 6) is -0.0833. The summed E-state index contributed by atoms with van der Waals surface area (Å²) in [6.45, 7) is 4.66. The van der Waals surface area contributed by atoms with Crippen LogP contribution < -0.4 is 5.32 Å². The predicted molar refractivity (Wildman–Crippen MR) is 115 cm³/mol. The van der Waals surface area contributed by atoms with Crippen molar-refractivity contribution in [3.05, 3.63) is 57.9 Å². The van der Waals surface area contributed by atoms with E-state index in [1.807, 2.05) is 26.0 Å². The number of piperidine rings is 1. The SMILES string of the molecule is Cc1ccc(C(=O)NC2CCN(S(=O)(=O)c3ccc(C)c4ncccc34)CC2)s1. The average molecular weight is 430 g/mol. The van der Waals surface area contributed by atoms with Gasteiger partial charge in [-0.15, -0.1) is 11.3 Å². The molecule has 0 spiro atoms. The maximum atomic E-state index is 13.3. The number of aromatic nitrogens is 1. The number of amides is 1. The number of nitrogens with zero attached hydrogens (tertiary/aromatic N) is 2. The molecule has 152 valence electrons. The maximum Gasteiger partial charge on any atom is 0.261 e. The molecule has 0 bridgehead atoms. The van der Waals surface area contributed by atoms with Crippen LogP contribution in [0, 0.1) is 13.8 Å². The van der Waals surface area contributed by atoms with Gasteiger partial charge in [0.05, 0.1) is 15.3 Å². The monoisotopic (exact) mass is 429 g/mol. The van der Waals surface area contributed by atoms with Crippen LogP contribution in [0.4, 0.5) is 0 Å². The van der Waals surface area contributed by atoms with Crippen LogP contribution in [-0.2, 0) is 10.0 Å². The lowest BCUT2D eigenvalue weighted by Crippen LogP contribution is -2.46. The molecule has 1 fully saturated rings. The molecule has 8 heteroatoms. The largest absolute Gasteiger partial charge is 0.349 e. The Kier molecular flexibility index (Phi) is 5.42. The summed E-state index contributed by atoms with van der Waals surface area (Å²) in [6, 6.07) is 10.8. The Morgan fingerprint density at radius 3 is 2.59 bits per heavy atom. The van der Waals surface area contributed by atoms with Gasteiger partial charge in [-0.1, -0.05) is 6.07 Å². The first-order valence-corrected chi connectivity index (χ1v) is 11.8. The standard InChI is InChI=1S/C21H23N3O3S2/c1-14-5-8-19(17-4-3-11-22-20(14)17)29(26,27)24-12-9-16(10-13-24)23-21(25)18-7-6-15(2)28-18/h3-8,11,16H,9-10,12-13H2,1-2H3,(H,23,25). The van der Waals surface area contributed by atoms with Crippen molar-refractivity contribution >= 4 is 38.2 Å². The first-order chi connectivity index (χ1) is 13.9. The normalized spacial score (nSPS) is 16.2. The molecule has 4 rings (SSSR count). The van der Waals surface area contributed by atoms with Gasteiger partial charge in [-0.25, -0.2) is 8.42 Å². The van der Waals surface area contributed by atoms with Gasteiger partial charge in [-0.2, -0.15) is 4.31 Å². The number of carbonyl (C=O) groups is 1. The maximum absolute atomic E-state index is 13.3. The molecule has 29 heavy (non-hydrogen) atoms. The quantitative estimate of drug-likeness (QED) is 0.688. The van der Waals surface area contributed by atoms with Gasteiger partial charge in [0, 0.05) is 35.6 Å². The second-order valence-electron chi connectivity index (χ2n) is 7.34. The van der Waals surface area contributed by atoms with Crippen molar-refractivity contribution in [2.75, 3.05) is 13.1 Å². The number of carbonyl (C=O) groups excluding carboxylic acids is 1. The zero-order chi connectivity index (χ0) is 20.6. The van der Waals surface area contributed by atoms with E-state index in [1.165, 1.54) is 15.6 Å². The molecule has 0 unspecified atom stereocenters. The van der Waals surface area contributed by atoms with Crippen molar-refractivity contribution in [1.82, 2.24) is 14.6 Å². The average Bonchev–Trinajstić information content (AvgIpc) is 3.15. The van der Waals surface area contributed by atoms with Gasteiger partial charge in [-0.05, 0) is 62.6 Å². The lowest BCUT2D eigenvalue weighted by Gasteiger charge is -2.31. The van der Waals surface area contributed by atoms with Gasteiger partial charge in [0.1, 0.15) is 0 Å². The molecule has 1 aromatic carbocycles. The number of aryl methyl sites for hydroxylation is 2. The third-order valence-corrected chi connectivity index (χ3v) is 8.26. The second-order valence-corrected chi connectivity index (χ2v) is 10.5. The van der Waals surface area contributed by atoms with E-state index in [4.69, 9.17) is 0 Å². The van der Waals surface area contributed by atoms with Crippen LogP contribution in [0.25, 0.3) is 10.9 Å². The van der Waals surface area contributed by atoms with Crippen LogP contribution in [-0.4, -0.2) is 42.7 Å². The molecule has 6 nitrogen and oxygen atoms in total. The minimum Gasteiger partial charge on any atom is -0.349 e. The highest BCUT2D eigenvalue weighted by Gasteiger charge is 2.31. The predicted octanol–water partition coefficient (Wildman–Crippen LogP) is 3.50. The Morgan fingerprint density at radius 1 is 1.14 bits per heavy atom. The fraction of sp³-hybridized carbons (Fsp3) is 0.333. The highest BCUT2D eigenvalue weighted by atomic mass is 32.2. The zero-order valence-corrected chi connectivity index (χ0v) is 18.0. The minimum absolute atomic E-state index is 0.0206. The van der Waals surface area contributed by atoms with Crippen LogP contribution in [0.3, 0.4) is 0 Å². The molecule has 2 aromatic heterocycles. The van der Waals surface area contributed by atoms with E-state index < -0.39 is 10.0 Å². The third kappa shape index (κ3) is 3.92. The van der Waals surface area contributed by atoms with Crippen molar-refractivity contribution in [2.45, 2.75) is 37.6 Å². The summed E-state index contributed by atoms with van der Waals surface area (Å²) in [4.78, 5) is 18.8. The number of nitrogens with one attached hydrogen (secondary N) is 1. The molecule has 1 aliphatic heterocycles. The zero-order valence-electron chi connectivity index (χ0n) is 16.4. The summed E-state index contributed by atoms with van der Waals surface area (Å²) in [7, 11) is -3.62. The van der Waals surface area contributed by atoms with Crippen LogP contribution in [0.2, 0.25) is 0 Å². The van der Waals surface area contributed by atoms with Crippen LogP contribution in [0.1, 0.15) is 33.0 Å². The first kappa shape index (κ1) is 20.0. The molecule has 3 heterocycles. The van der Waals surface area contributed by atoms with E-state index in [0.29, 0.717) is 46.6 Å². The van der Waals surface area contributed by atoms with Crippen molar-refractivity contribution in [3.8, 4) is 0 Å². The molecule has 3 aromatic rings. The number of rotatable bonds is 4. The number of hydrogen-bond donors (Lipinski definition) is 1. The molecule has 0 atom stereocenters. The molecular formula is C21H23N3O3S2. The number of pyridine rings is 1. The first-order valence-electron chi connectivity index (χ1n) is 9.58. The Morgan fingerprint density at radius 2 is 1.90 bits per heavy atom. The van der Waals surface area contributed by atoms with Crippen molar-refractivity contribution in [2.24, 2.45) is 0 Å². The van der Waals surface area contributed by atoms with E-state index in [1.54, 1.807) is 30.5 Å². The minimum atomic E-state index is -3.62. The fourth-order valence-corrected chi connectivity index (χ4v) is 6.13. The summed E-state index contributed by atoms with van der Waals surface area (Å²) in [6.07, 6.45) is 2.86. The van der Waals surface area contributed by atoms with Gasteiger partial charge in [0.15, 0.2) is 0 Å². The molecule has 0 radical (unpaired) electrons. The smallest absolute Gasteiger partial charge is 0.261 e. The lowest BCUT2D eigenvalue weighted by molar-refractivity contribution is 0.0928. The van der Waals surface area contributed by atoms with Crippen molar-refractivity contribution < 1.29 is 13.2 Å². The number of fused-ring (bicyclic) bond motifs is 1. The molecule has 0 saturated carbocycles. The molecule has 1 aliphatic rings. The van der Waals surface area contributed by atoms with Gasteiger partial charge in [0.2, 0.25) is 10.0 Å². The summed E-state index contributed by atoms with van der Waals surface area (Å²) >= 11 is 1.46.